The zero-order valence-electron chi connectivity index (χ0n) is 10.9. The van der Waals surface area contributed by atoms with E-state index in [4.69, 9.17) is 5.84 Å². The van der Waals surface area contributed by atoms with Gasteiger partial charge in [-0.15, -0.1) is 0 Å². The average molecular weight is 284 g/mol. The fourth-order valence-electron chi connectivity index (χ4n) is 2.03. The largest absolute Gasteiger partial charge is 0.306 e. The number of hydrogen-bond donors (Lipinski definition) is 2. The maximum Gasteiger partial charge on any atom is 0.283 e. The molecular weight excluding hydrogens is 272 g/mol. The molecule has 3 aromatic rings. The second-order valence-electron chi connectivity index (χ2n) is 4.38. The number of nitrogen functional groups attached to an aromatic ring is 1. The molecule has 3 heterocycles. The zero-order valence-corrected chi connectivity index (χ0v) is 10.9. The summed E-state index contributed by atoms with van der Waals surface area (Å²) in [7, 11) is 0. The van der Waals surface area contributed by atoms with Gasteiger partial charge in [-0.05, 0) is 18.2 Å². The summed E-state index contributed by atoms with van der Waals surface area (Å²) in [5.41, 5.74) is 3.11. The Balaban J connectivity index is 1.97. The lowest BCUT2D eigenvalue weighted by Gasteiger charge is -2.07. The number of nitrogens with two attached hydrogens (primary N) is 1. The molecule has 3 rings (SSSR count). The van der Waals surface area contributed by atoms with Gasteiger partial charge in [0.25, 0.3) is 11.5 Å². The second kappa shape index (κ2) is 5.17. The van der Waals surface area contributed by atoms with Gasteiger partial charge in [-0.25, -0.2) is 15.3 Å². The first kappa shape index (κ1) is 13.0. The molecule has 0 radical (unpaired) electrons. The highest BCUT2D eigenvalue weighted by atomic mass is 16.2. The summed E-state index contributed by atoms with van der Waals surface area (Å²) in [5, 5.41) is 4.00. The first-order valence-electron chi connectivity index (χ1n) is 6.19. The molecule has 106 valence electrons. The van der Waals surface area contributed by atoms with Crippen LogP contribution in [0.25, 0.3) is 5.52 Å². The number of pyridine rings is 1. The van der Waals surface area contributed by atoms with E-state index in [-0.39, 0.29) is 17.8 Å². The van der Waals surface area contributed by atoms with E-state index in [2.05, 4.69) is 10.1 Å². The van der Waals surface area contributed by atoms with Crippen LogP contribution < -0.4 is 16.8 Å². The first-order valence-corrected chi connectivity index (χ1v) is 6.19. The molecule has 8 nitrogen and oxygen atoms in total. The number of nitrogens with zero attached hydrogens (tertiary/aromatic N) is 4. The van der Waals surface area contributed by atoms with Crippen molar-refractivity contribution in [3.8, 4) is 0 Å². The number of carbonyl (C=O) groups is 1. The Kier molecular flexibility index (Phi) is 3.20. The van der Waals surface area contributed by atoms with E-state index in [1.54, 1.807) is 42.9 Å². The Bertz CT molecular complexity index is 866. The van der Waals surface area contributed by atoms with Gasteiger partial charge in [0.1, 0.15) is 11.2 Å². The predicted molar refractivity (Wildman–Crippen MR) is 74.4 cm³/mol. The van der Waals surface area contributed by atoms with Crippen molar-refractivity contribution in [2.24, 2.45) is 5.84 Å². The Morgan fingerprint density at radius 3 is 2.95 bits per heavy atom. The van der Waals surface area contributed by atoms with Crippen LogP contribution >= 0.6 is 0 Å². The number of nitrogens with one attached hydrogen (secondary N) is 1. The Labute approximate surface area is 118 Å². The van der Waals surface area contributed by atoms with Crippen molar-refractivity contribution in [3.63, 3.8) is 0 Å². The molecule has 0 aliphatic carbocycles. The number of amides is 1. The van der Waals surface area contributed by atoms with E-state index in [0.29, 0.717) is 11.2 Å². The molecule has 0 atom stereocenters. The van der Waals surface area contributed by atoms with Crippen molar-refractivity contribution in [3.05, 3.63) is 64.6 Å². The molecule has 0 aliphatic rings. The van der Waals surface area contributed by atoms with E-state index in [1.165, 1.54) is 9.08 Å². The maximum absolute atomic E-state index is 12.2. The van der Waals surface area contributed by atoms with E-state index >= 15 is 0 Å². The molecule has 0 aromatic carbocycles. The molecule has 0 bridgehead atoms. The molecule has 1 amide bonds. The molecule has 0 aliphatic heterocycles. The highest BCUT2D eigenvalue weighted by molar-refractivity contribution is 5.91. The van der Waals surface area contributed by atoms with Gasteiger partial charge in [0.15, 0.2) is 0 Å². The summed E-state index contributed by atoms with van der Waals surface area (Å²) in [5.74, 6) is 4.60. The maximum atomic E-state index is 12.2. The van der Waals surface area contributed by atoms with Crippen molar-refractivity contribution in [1.82, 2.24) is 24.6 Å². The molecular formula is C13H12N6O2. The third kappa shape index (κ3) is 2.39. The first-order chi connectivity index (χ1) is 10.2. The van der Waals surface area contributed by atoms with Crippen LogP contribution in [0.2, 0.25) is 0 Å². The Morgan fingerprint density at radius 1 is 1.29 bits per heavy atom. The third-order valence-electron chi connectivity index (χ3n) is 3.04. The Morgan fingerprint density at radius 2 is 2.14 bits per heavy atom. The van der Waals surface area contributed by atoms with Crippen LogP contribution in [-0.2, 0) is 6.54 Å². The number of hydrogen-bond acceptors (Lipinski definition) is 5. The predicted octanol–water partition coefficient (Wildman–Crippen LogP) is -0.457. The molecule has 21 heavy (non-hydrogen) atoms. The molecule has 3 aromatic heterocycles. The van der Waals surface area contributed by atoms with Crippen LogP contribution in [0.4, 0.5) is 0 Å². The SMILES string of the molecule is NNC(=O)c1cccc(Cn2ccn3nccc3c2=O)n1. The van der Waals surface area contributed by atoms with Crippen LogP contribution in [0.15, 0.2) is 47.7 Å². The van der Waals surface area contributed by atoms with Gasteiger partial charge in [0, 0.05) is 12.4 Å². The molecule has 0 unspecified atom stereocenters. The molecule has 0 spiro atoms. The topological polar surface area (TPSA) is 107 Å². The minimum Gasteiger partial charge on any atom is -0.306 e. The van der Waals surface area contributed by atoms with E-state index in [1.807, 2.05) is 5.43 Å². The van der Waals surface area contributed by atoms with Gasteiger partial charge < -0.3 is 4.57 Å². The van der Waals surface area contributed by atoms with Gasteiger partial charge in [-0.3, -0.25) is 15.0 Å². The number of hydrazine groups is 1. The van der Waals surface area contributed by atoms with Gasteiger partial charge in [0.05, 0.1) is 18.4 Å². The van der Waals surface area contributed by atoms with Crippen molar-refractivity contribution in [2.45, 2.75) is 6.54 Å². The molecule has 0 fully saturated rings. The summed E-state index contributed by atoms with van der Waals surface area (Å²) in [6, 6.07) is 6.62. The van der Waals surface area contributed by atoms with Gasteiger partial charge in [0.2, 0.25) is 0 Å². The lowest BCUT2D eigenvalue weighted by atomic mass is 10.3. The van der Waals surface area contributed by atoms with Crippen LogP contribution in [-0.4, -0.2) is 25.1 Å². The standard InChI is InChI=1S/C13H12N6O2/c14-17-12(20)10-3-1-2-9(16-10)8-18-6-7-19-11(13(18)21)4-5-15-19/h1-7H,8,14H2,(H,17,20). The van der Waals surface area contributed by atoms with Crippen LogP contribution in [0.1, 0.15) is 16.2 Å². The normalized spacial score (nSPS) is 10.7. The van der Waals surface area contributed by atoms with E-state index in [0.717, 1.165) is 0 Å². The third-order valence-corrected chi connectivity index (χ3v) is 3.04. The van der Waals surface area contributed by atoms with Gasteiger partial charge >= 0.3 is 0 Å². The van der Waals surface area contributed by atoms with Crippen molar-refractivity contribution in [1.29, 1.82) is 0 Å². The highest BCUT2D eigenvalue weighted by Crippen LogP contribution is 2.02. The fourth-order valence-corrected chi connectivity index (χ4v) is 2.03. The number of carbonyl (C=O) groups excluding carboxylic acids is 1. The summed E-state index contributed by atoms with van der Waals surface area (Å²) in [4.78, 5) is 27.9. The molecule has 0 saturated carbocycles. The molecule has 0 saturated heterocycles. The fraction of sp³-hybridized carbons (Fsp3) is 0.0769. The van der Waals surface area contributed by atoms with Crippen LogP contribution in [0, 0.1) is 0 Å². The lowest BCUT2D eigenvalue weighted by Crippen LogP contribution is -2.31. The average Bonchev–Trinajstić information content (AvgIpc) is 2.99. The van der Waals surface area contributed by atoms with E-state index < -0.39 is 5.91 Å². The van der Waals surface area contributed by atoms with Crippen molar-refractivity contribution in [2.75, 3.05) is 0 Å². The Hall–Kier alpha value is -3.00. The monoisotopic (exact) mass is 284 g/mol. The summed E-state index contributed by atoms with van der Waals surface area (Å²) in [6.45, 7) is 0.256. The minimum absolute atomic E-state index is 0.175. The second-order valence-corrected chi connectivity index (χ2v) is 4.38. The molecule has 3 N–H and O–H groups in total. The van der Waals surface area contributed by atoms with Gasteiger partial charge in [-0.2, -0.15) is 5.10 Å². The lowest BCUT2D eigenvalue weighted by molar-refractivity contribution is 0.0948. The molecule has 8 heteroatoms. The highest BCUT2D eigenvalue weighted by Gasteiger charge is 2.08. The smallest absolute Gasteiger partial charge is 0.283 e. The van der Waals surface area contributed by atoms with Crippen molar-refractivity contribution >= 4 is 11.4 Å². The number of aromatic nitrogens is 4. The summed E-state index contributed by atoms with van der Waals surface area (Å²) >= 11 is 0. The summed E-state index contributed by atoms with van der Waals surface area (Å²) < 4.78 is 3.01. The van der Waals surface area contributed by atoms with Crippen LogP contribution in [0.5, 0.6) is 0 Å². The minimum atomic E-state index is -0.476. The number of fused-ring (bicyclic) bond motifs is 1. The zero-order chi connectivity index (χ0) is 14.8. The van der Waals surface area contributed by atoms with E-state index in [9.17, 15) is 9.59 Å². The van der Waals surface area contributed by atoms with Crippen LogP contribution in [0.3, 0.4) is 0 Å². The quantitative estimate of drug-likeness (QED) is 0.384. The van der Waals surface area contributed by atoms with Crippen molar-refractivity contribution < 1.29 is 4.79 Å². The van der Waals surface area contributed by atoms with Gasteiger partial charge in [-0.1, -0.05) is 6.07 Å². The summed E-state index contributed by atoms with van der Waals surface area (Å²) in [6.07, 6.45) is 4.87. The number of rotatable bonds is 3.